The Morgan fingerprint density at radius 1 is 1.47 bits per heavy atom. The van der Waals surface area contributed by atoms with Crippen LogP contribution in [0.5, 0.6) is 0 Å². The number of rotatable bonds is 3. The summed E-state index contributed by atoms with van der Waals surface area (Å²) in [5.41, 5.74) is 0.368. The van der Waals surface area contributed by atoms with Gasteiger partial charge in [-0.3, -0.25) is 9.59 Å². The molecule has 90 valence electrons. The highest BCUT2D eigenvalue weighted by Crippen LogP contribution is 2.16. The van der Waals surface area contributed by atoms with E-state index >= 15 is 0 Å². The molecule has 1 N–H and O–H groups in total. The van der Waals surface area contributed by atoms with Crippen molar-refractivity contribution in [2.24, 2.45) is 0 Å². The van der Waals surface area contributed by atoms with Gasteiger partial charge in [0.1, 0.15) is 5.76 Å². The van der Waals surface area contributed by atoms with E-state index in [9.17, 15) is 9.59 Å². The summed E-state index contributed by atoms with van der Waals surface area (Å²) in [5, 5.41) is 16.9. The Kier molecular flexibility index (Phi) is 2.66. The van der Waals surface area contributed by atoms with Gasteiger partial charge >= 0.3 is 5.97 Å². The number of carboxylic acids is 1. The summed E-state index contributed by atoms with van der Waals surface area (Å²) in [7, 11) is 0. The van der Waals surface area contributed by atoms with Crippen molar-refractivity contribution < 1.29 is 14.4 Å². The van der Waals surface area contributed by atoms with E-state index in [4.69, 9.17) is 9.63 Å². The first-order valence-electron chi connectivity index (χ1n) is 5.06. The average molecular weight is 237 g/mol. The molecule has 0 fully saturated rings. The Bertz CT molecular complexity index is 641. The minimum Gasteiger partial charge on any atom is -0.481 e. The molecule has 0 spiro atoms. The van der Waals surface area contributed by atoms with Gasteiger partial charge in [0.05, 0.1) is 24.0 Å². The Labute approximate surface area is 95.6 Å². The van der Waals surface area contributed by atoms with Gasteiger partial charge in [0.15, 0.2) is 5.52 Å². The maximum Gasteiger partial charge on any atom is 0.305 e. The number of carboxylic acid groups (broad SMARTS) is 1. The number of fused-ring (bicyclic) bond motifs is 1. The van der Waals surface area contributed by atoms with Gasteiger partial charge in [-0.1, -0.05) is 5.16 Å². The molecule has 0 radical (unpaired) electrons. The molecule has 7 nitrogen and oxygen atoms in total. The fourth-order valence-corrected chi connectivity index (χ4v) is 1.70. The lowest BCUT2D eigenvalue weighted by Crippen LogP contribution is -2.25. The van der Waals surface area contributed by atoms with Crippen molar-refractivity contribution in [2.45, 2.75) is 26.8 Å². The molecule has 0 aliphatic rings. The molecule has 0 aliphatic carbocycles. The lowest BCUT2D eigenvalue weighted by Gasteiger charge is -2.03. The van der Waals surface area contributed by atoms with Crippen molar-refractivity contribution in [1.82, 2.24) is 14.9 Å². The van der Waals surface area contributed by atoms with Gasteiger partial charge in [0.25, 0.3) is 5.56 Å². The van der Waals surface area contributed by atoms with Crippen molar-refractivity contribution >= 4 is 16.9 Å². The molecule has 0 unspecified atom stereocenters. The number of carbonyl (C=O) groups is 1. The molecular formula is C10H11N3O4. The molecule has 2 rings (SSSR count). The average Bonchev–Trinajstić information content (AvgIpc) is 2.64. The molecular weight excluding hydrogens is 226 g/mol. The van der Waals surface area contributed by atoms with E-state index in [2.05, 4.69) is 10.3 Å². The van der Waals surface area contributed by atoms with E-state index in [1.165, 1.54) is 0 Å². The van der Waals surface area contributed by atoms with Gasteiger partial charge in [-0.05, 0) is 13.8 Å². The molecule has 0 atom stereocenters. The van der Waals surface area contributed by atoms with Crippen molar-refractivity contribution in [3.05, 3.63) is 21.8 Å². The van der Waals surface area contributed by atoms with Gasteiger partial charge in [-0.15, -0.1) is 0 Å². The summed E-state index contributed by atoms with van der Waals surface area (Å²) in [6.07, 6.45) is -0.158. The fraction of sp³-hybridized carbons (Fsp3) is 0.400. The van der Waals surface area contributed by atoms with E-state index in [0.29, 0.717) is 16.8 Å². The van der Waals surface area contributed by atoms with Crippen molar-refractivity contribution in [1.29, 1.82) is 0 Å². The third kappa shape index (κ3) is 1.91. The molecule has 0 amide bonds. The van der Waals surface area contributed by atoms with Gasteiger partial charge < -0.3 is 9.63 Å². The van der Waals surface area contributed by atoms with Crippen LogP contribution in [0.4, 0.5) is 0 Å². The van der Waals surface area contributed by atoms with Gasteiger partial charge in [-0.2, -0.15) is 5.10 Å². The van der Waals surface area contributed by atoms with Crippen LogP contribution in [-0.2, 0) is 11.3 Å². The van der Waals surface area contributed by atoms with Crippen LogP contribution in [0.1, 0.15) is 17.9 Å². The highest BCUT2D eigenvalue weighted by atomic mass is 16.5. The summed E-state index contributed by atoms with van der Waals surface area (Å²) >= 11 is 0. The zero-order chi connectivity index (χ0) is 12.6. The van der Waals surface area contributed by atoms with Crippen LogP contribution in [0, 0.1) is 13.8 Å². The van der Waals surface area contributed by atoms with Crippen molar-refractivity contribution in [3.63, 3.8) is 0 Å². The molecule has 2 heterocycles. The first kappa shape index (κ1) is 11.3. The summed E-state index contributed by atoms with van der Waals surface area (Å²) < 4.78 is 6.04. The topological polar surface area (TPSA) is 98.2 Å². The van der Waals surface area contributed by atoms with E-state index in [1.54, 1.807) is 13.8 Å². The number of hydrogen-bond donors (Lipinski definition) is 1. The molecule has 2 aromatic rings. The van der Waals surface area contributed by atoms with Crippen molar-refractivity contribution in [3.8, 4) is 0 Å². The second kappa shape index (κ2) is 4.00. The van der Waals surface area contributed by atoms with Gasteiger partial charge in [-0.25, -0.2) is 4.68 Å². The lowest BCUT2D eigenvalue weighted by molar-refractivity contribution is -0.137. The fourth-order valence-electron chi connectivity index (χ4n) is 1.70. The van der Waals surface area contributed by atoms with Gasteiger partial charge in [0.2, 0.25) is 0 Å². The normalized spacial score (nSPS) is 10.9. The predicted octanol–water partition coefficient (Wildman–Crippen LogP) is 0.476. The van der Waals surface area contributed by atoms with Crippen LogP contribution < -0.4 is 5.56 Å². The molecule has 0 saturated carbocycles. The predicted molar refractivity (Wildman–Crippen MR) is 57.8 cm³/mol. The van der Waals surface area contributed by atoms with Crippen LogP contribution in [0.15, 0.2) is 9.32 Å². The summed E-state index contributed by atoms with van der Waals surface area (Å²) in [5.74, 6) is -0.444. The Morgan fingerprint density at radius 2 is 2.18 bits per heavy atom. The smallest absolute Gasteiger partial charge is 0.305 e. The summed E-state index contributed by atoms with van der Waals surface area (Å²) in [4.78, 5) is 22.4. The highest BCUT2D eigenvalue weighted by molar-refractivity contribution is 5.81. The first-order chi connectivity index (χ1) is 8.00. The molecule has 0 aliphatic heterocycles. The summed E-state index contributed by atoms with van der Waals surface area (Å²) in [6.45, 7) is 3.45. The highest BCUT2D eigenvalue weighted by Gasteiger charge is 2.15. The monoisotopic (exact) mass is 237 g/mol. The quantitative estimate of drug-likeness (QED) is 0.833. The molecule has 2 aromatic heterocycles. The molecule has 7 heteroatoms. The maximum atomic E-state index is 11.9. The third-order valence-electron chi connectivity index (χ3n) is 2.47. The van der Waals surface area contributed by atoms with Crippen LogP contribution in [0.3, 0.4) is 0 Å². The number of hydrogen-bond acceptors (Lipinski definition) is 5. The molecule has 17 heavy (non-hydrogen) atoms. The minimum atomic E-state index is -0.979. The second-order valence-electron chi connectivity index (χ2n) is 3.72. The van der Waals surface area contributed by atoms with Crippen molar-refractivity contribution in [2.75, 3.05) is 0 Å². The number of nitrogens with zero attached hydrogens (tertiary/aromatic N) is 3. The molecule has 0 saturated heterocycles. The van der Waals surface area contributed by atoms with Gasteiger partial charge in [0, 0.05) is 0 Å². The lowest BCUT2D eigenvalue weighted by atomic mass is 10.2. The SMILES string of the molecule is Cc1nn(CCC(=O)O)c(=O)c2noc(C)c12. The zero-order valence-corrected chi connectivity index (χ0v) is 9.43. The standard InChI is InChI=1S/C10H11N3O4/c1-5-8-6(2)17-12-9(8)10(16)13(11-5)4-3-7(14)15/h3-4H2,1-2H3,(H,14,15). The van der Waals surface area contributed by atoms with E-state index in [0.717, 1.165) is 4.68 Å². The van der Waals surface area contributed by atoms with Crippen LogP contribution in [-0.4, -0.2) is 26.0 Å². The Hall–Kier alpha value is -2.18. The molecule has 0 bridgehead atoms. The van der Waals surface area contributed by atoms with Crippen LogP contribution in [0.2, 0.25) is 0 Å². The van der Waals surface area contributed by atoms with E-state index < -0.39 is 11.5 Å². The summed E-state index contributed by atoms with van der Waals surface area (Å²) in [6, 6.07) is 0. The second-order valence-corrected chi connectivity index (χ2v) is 3.72. The van der Waals surface area contributed by atoms with E-state index in [-0.39, 0.29) is 18.5 Å². The van der Waals surface area contributed by atoms with E-state index in [1.807, 2.05) is 0 Å². The van der Waals surface area contributed by atoms with Crippen LogP contribution >= 0.6 is 0 Å². The minimum absolute atomic E-state index is 0.0247. The Balaban J connectivity index is 2.56. The largest absolute Gasteiger partial charge is 0.481 e. The Morgan fingerprint density at radius 3 is 2.82 bits per heavy atom. The third-order valence-corrected chi connectivity index (χ3v) is 2.47. The number of aliphatic carboxylic acids is 1. The first-order valence-corrected chi connectivity index (χ1v) is 5.06. The number of aromatic nitrogens is 3. The molecule has 0 aromatic carbocycles. The maximum absolute atomic E-state index is 11.9. The zero-order valence-electron chi connectivity index (χ0n) is 9.43. The van der Waals surface area contributed by atoms with Crippen LogP contribution in [0.25, 0.3) is 10.9 Å². The number of aryl methyl sites for hydroxylation is 3.